The molecule has 4 nitrogen and oxygen atoms in total. The van der Waals surface area contributed by atoms with E-state index in [1.54, 1.807) is 32.0 Å². The van der Waals surface area contributed by atoms with E-state index >= 15 is 0 Å². The first-order valence-electron chi connectivity index (χ1n) is 6.98. The highest BCUT2D eigenvalue weighted by atomic mass is 35.5. The molecule has 0 spiro atoms. The number of nitrogens with one attached hydrogen (secondary N) is 1. The summed E-state index contributed by atoms with van der Waals surface area (Å²) in [6.45, 7) is 4.32. The molecule has 0 amide bonds. The van der Waals surface area contributed by atoms with Crippen LogP contribution in [0, 0.1) is 0 Å². The van der Waals surface area contributed by atoms with Crippen molar-refractivity contribution in [1.29, 1.82) is 0 Å². The van der Waals surface area contributed by atoms with E-state index in [0.717, 1.165) is 11.3 Å². The van der Waals surface area contributed by atoms with Crippen LogP contribution in [0.15, 0.2) is 42.5 Å². The smallest absolute Gasteiger partial charge is 0.296 e. The molecular formula is C17H17Cl2NO3. The summed E-state index contributed by atoms with van der Waals surface area (Å²) in [5.74, 6) is -0.395. The Morgan fingerprint density at radius 2 is 1.78 bits per heavy atom. The highest BCUT2D eigenvalue weighted by Crippen LogP contribution is 2.24. The molecule has 2 aromatic rings. The molecule has 0 aliphatic carbocycles. The molecule has 0 atom stereocenters. The first-order valence-corrected chi connectivity index (χ1v) is 7.73. The molecule has 6 heteroatoms. The number of hydrogen-bond acceptors (Lipinski definition) is 4. The molecule has 2 aromatic carbocycles. The average Bonchev–Trinajstić information content (AvgIpc) is 2.49. The van der Waals surface area contributed by atoms with Gasteiger partial charge in [-0.3, -0.25) is 4.79 Å². The van der Waals surface area contributed by atoms with E-state index in [1.807, 2.05) is 24.3 Å². The van der Waals surface area contributed by atoms with Crippen LogP contribution in [0.25, 0.3) is 0 Å². The third-order valence-corrected chi connectivity index (χ3v) is 3.77. The van der Waals surface area contributed by atoms with Gasteiger partial charge in [-0.2, -0.15) is 0 Å². The van der Waals surface area contributed by atoms with Gasteiger partial charge in [0.2, 0.25) is 5.79 Å². The van der Waals surface area contributed by atoms with Gasteiger partial charge in [0.1, 0.15) is 5.75 Å². The molecule has 0 unspecified atom stereocenters. The Labute approximate surface area is 145 Å². The molecule has 0 aliphatic heterocycles. The summed E-state index contributed by atoms with van der Waals surface area (Å²) in [7, 11) is 0. The molecular weight excluding hydrogens is 337 g/mol. The Morgan fingerprint density at radius 1 is 1.09 bits per heavy atom. The number of hydrogen-bond donors (Lipinski definition) is 1. The summed E-state index contributed by atoms with van der Waals surface area (Å²) in [5, 5.41) is 4.35. The van der Waals surface area contributed by atoms with Gasteiger partial charge in [0, 0.05) is 26.1 Å². The third-order valence-electron chi connectivity index (χ3n) is 3.03. The van der Waals surface area contributed by atoms with Gasteiger partial charge >= 0.3 is 0 Å². The lowest BCUT2D eigenvalue weighted by molar-refractivity contribution is -0.170. The minimum atomic E-state index is -1.00. The van der Waals surface area contributed by atoms with Gasteiger partial charge in [-0.05, 0) is 42.0 Å². The second-order valence-corrected chi connectivity index (χ2v) is 6.16. The van der Waals surface area contributed by atoms with Crippen LogP contribution in [0.1, 0.15) is 19.4 Å². The minimum Gasteiger partial charge on any atom is -0.453 e. The molecule has 1 N–H and O–H groups in total. The Balaban J connectivity index is 1.94. The fraction of sp³-hybridized carbons (Fsp3) is 0.235. The third kappa shape index (κ3) is 5.34. The van der Waals surface area contributed by atoms with E-state index in [-0.39, 0.29) is 0 Å². The monoisotopic (exact) mass is 353 g/mol. The second kappa shape index (κ2) is 7.57. The normalized spacial score (nSPS) is 11.0. The first-order chi connectivity index (χ1) is 10.9. The van der Waals surface area contributed by atoms with Crippen LogP contribution < -0.4 is 10.1 Å². The van der Waals surface area contributed by atoms with Gasteiger partial charge in [0.05, 0.1) is 10.0 Å². The van der Waals surface area contributed by atoms with E-state index in [1.165, 1.54) is 0 Å². The molecule has 0 heterocycles. The highest BCUT2D eigenvalue weighted by molar-refractivity contribution is 6.42. The fourth-order valence-corrected chi connectivity index (χ4v) is 2.24. The van der Waals surface area contributed by atoms with Crippen LogP contribution in [-0.2, 0) is 16.1 Å². The topological polar surface area (TPSA) is 47.6 Å². The van der Waals surface area contributed by atoms with Gasteiger partial charge in [-0.15, -0.1) is 0 Å². The van der Waals surface area contributed by atoms with E-state index in [4.69, 9.17) is 32.7 Å². The van der Waals surface area contributed by atoms with Crippen molar-refractivity contribution >= 4 is 35.4 Å². The van der Waals surface area contributed by atoms with Gasteiger partial charge in [0.25, 0.3) is 6.47 Å². The maximum Gasteiger partial charge on any atom is 0.296 e. The number of carbonyl (C=O) groups is 1. The second-order valence-electron chi connectivity index (χ2n) is 5.34. The molecule has 0 aliphatic rings. The predicted molar refractivity (Wildman–Crippen MR) is 92.1 cm³/mol. The summed E-state index contributed by atoms with van der Waals surface area (Å²) in [6, 6.07) is 12.9. The van der Waals surface area contributed by atoms with Crippen LogP contribution in [0.3, 0.4) is 0 Å². The van der Waals surface area contributed by atoms with Crippen molar-refractivity contribution in [2.24, 2.45) is 0 Å². The molecule has 2 rings (SSSR count). The molecule has 23 heavy (non-hydrogen) atoms. The van der Waals surface area contributed by atoms with Gasteiger partial charge in [0.15, 0.2) is 0 Å². The van der Waals surface area contributed by atoms with Crippen molar-refractivity contribution in [2.45, 2.75) is 26.2 Å². The number of anilines is 1. The Kier molecular flexibility index (Phi) is 5.74. The van der Waals surface area contributed by atoms with Gasteiger partial charge in [-0.1, -0.05) is 29.3 Å². The zero-order valence-corrected chi connectivity index (χ0v) is 14.3. The van der Waals surface area contributed by atoms with Crippen LogP contribution in [0.2, 0.25) is 10.0 Å². The zero-order valence-electron chi connectivity index (χ0n) is 12.8. The maximum absolute atomic E-state index is 10.4. The summed E-state index contributed by atoms with van der Waals surface area (Å²) in [4.78, 5) is 10.4. The first kappa shape index (κ1) is 17.4. The van der Waals surface area contributed by atoms with E-state index in [0.29, 0.717) is 28.8 Å². The summed E-state index contributed by atoms with van der Waals surface area (Å²) >= 11 is 11.9. The number of benzene rings is 2. The molecule has 0 radical (unpaired) electrons. The van der Waals surface area contributed by atoms with Crippen LogP contribution >= 0.6 is 23.2 Å². The number of ether oxygens (including phenoxy) is 2. The van der Waals surface area contributed by atoms with Crippen LogP contribution in [-0.4, -0.2) is 12.3 Å². The standard InChI is InChI=1S/C17H17Cl2NO3/c1-17(2,22-11-21)23-14-6-4-13(5-7-14)20-10-12-3-8-15(18)16(19)9-12/h3-9,11,20H,10H2,1-2H3. The number of rotatable bonds is 7. The summed E-state index contributed by atoms with van der Waals surface area (Å²) < 4.78 is 10.4. The molecule has 0 bridgehead atoms. The van der Waals surface area contributed by atoms with E-state index in [9.17, 15) is 4.79 Å². The minimum absolute atomic E-state index is 0.368. The zero-order chi connectivity index (χ0) is 16.9. The summed E-state index contributed by atoms with van der Waals surface area (Å²) in [6.07, 6.45) is 0. The quantitative estimate of drug-likeness (QED) is 0.568. The summed E-state index contributed by atoms with van der Waals surface area (Å²) in [5.41, 5.74) is 1.96. The lowest BCUT2D eigenvalue weighted by Crippen LogP contribution is -2.31. The Hall–Kier alpha value is -1.91. The van der Waals surface area contributed by atoms with Gasteiger partial charge in [-0.25, -0.2) is 0 Å². The van der Waals surface area contributed by atoms with Crippen molar-refractivity contribution in [2.75, 3.05) is 5.32 Å². The van der Waals surface area contributed by atoms with E-state index in [2.05, 4.69) is 5.32 Å². The Bertz CT molecular complexity index is 672. The number of carbonyl (C=O) groups excluding carboxylic acids is 1. The van der Waals surface area contributed by atoms with Crippen molar-refractivity contribution in [1.82, 2.24) is 0 Å². The molecule has 0 saturated carbocycles. The van der Waals surface area contributed by atoms with Crippen molar-refractivity contribution in [3.8, 4) is 5.75 Å². The van der Waals surface area contributed by atoms with Crippen molar-refractivity contribution in [3.63, 3.8) is 0 Å². The van der Waals surface area contributed by atoms with E-state index < -0.39 is 5.79 Å². The predicted octanol–water partition coefficient (Wildman–Crippen LogP) is 4.89. The maximum atomic E-state index is 10.4. The average molecular weight is 354 g/mol. The molecule has 0 aromatic heterocycles. The largest absolute Gasteiger partial charge is 0.453 e. The SMILES string of the molecule is CC(C)(OC=O)Oc1ccc(NCc2ccc(Cl)c(Cl)c2)cc1. The lowest BCUT2D eigenvalue weighted by Gasteiger charge is -2.24. The number of halogens is 2. The van der Waals surface area contributed by atoms with Gasteiger partial charge < -0.3 is 14.8 Å². The molecule has 122 valence electrons. The van der Waals surface area contributed by atoms with Crippen molar-refractivity contribution < 1.29 is 14.3 Å². The van der Waals surface area contributed by atoms with Crippen molar-refractivity contribution in [3.05, 3.63) is 58.1 Å². The Morgan fingerprint density at radius 3 is 2.39 bits per heavy atom. The molecule has 0 saturated heterocycles. The van der Waals surface area contributed by atoms with Crippen LogP contribution in [0.5, 0.6) is 5.75 Å². The highest BCUT2D eigenvalue weighted by Gasteiger charge is 2.20. The van der Waals surface area contributed by atoms with Crippen LogP contribution in [0.4, 0.5) is 5.69 Å². The lowest BCUT2D eigenvalue weighted by atomic mass is 10.2. The molecule has 0 fully saturated rings. The fourth-order valence-electron chi connectivity index (χ4n) is 1.92.